The van der Waals surface area contributed by atoms with Gasteiger partial charge in [0, 0.05) is 25.2 Å². The molecule has 3 N–H and O–H groups in total. The minimum Gasteiger partial charge on any atom is -0.480 e. The van der Waals surface area contributed by atoms with Crippen molar-refractivity contribution in [1.29, 1.82) is 0 Å². The number of aliphatic carboxylic acids is 2. The van der Waals surface area contributed by atoms with Crippen LogP contribution in [0.5, 0.6) is 0 Å². The summed E-state index contributed by atoms with van der Waals surface area (Å²) >= 11 is 0. The zero-order valence-electron chi connectivity index (χ0n) is 31.6. The van der Waals surface area contributed by atoms with E-state index in [0.29, 0.717) is 25.0 Å². The van der Waals surface area contributed by atoms with E-state index in [9.17, 15) is 60.5 Å². The quantitative estimate of drug-likeness (QED) is 0.162. The highest BCUT2D eigenvalue weighted by Gasteiger charge is 2.42. The van der Waals surface area contributed by atoms with Crippen molar-refractivity contribution >= 4 is 29.7 Å². The maximum Gasteiger partial charge on any atom is 0.417 e. The average Bonchev–Trinajstić information content (AvgIpc) is 4.06. The van der Waals surface area contributed by atoms with Gasteiger partial charge < -0.3 is 25.3 Å². The Bertz CT molecular complexity index is 2410. The third-order valence-corrected chi connectivity index (χ3v) is 10.1. The third-order valence-electron chi connectivity index (χ3n) is 10.1. The van der Waals surface area contributed by atoms with E-state index < -0.39 is 76.4 Å². The Kier molecular flexibility index (Phi) is 11.1. The first-order valence-electron chi connectivity index (χ1n) is 18.5. The van der Waals surface area contributed by atoms with Crippen LogP contribution in [0.1, 0.15) is 74.8 Å². The molecule has 0 radical (unpaired) electrons. The van der Waals surface area contributed by atoms with Crippen molar-refractivity contribution in [3.63, 3.8) is 0 Å². The summed E-state index contributed by atoms with van der Waals surface area (Å²) in [5.41, 5.74) is -4.70. The number of benzene rings is 2. The number of likely N-dealkylation sites (tertiary alicyclic amines) is 2. The number of carboxylic acids is 2. The zero-order chi connectivity index (χ0) is 44.0. The number of pyridine rings is 1. The number of carbonyl (C=O) groups is 5. The number of hydrogen-bond acceptors (Lipinski definition) is 10. The molecule has 2 aliphatic rings. The lowest BCUT2D eigenvalue weighted by Gasteiger charge is -2.23. The third kappa shape index (κ3) is 8.34. The number of nitrogens with zero attached hydrogens (tertiary/aromatic N) is 9. The summed E-state index contributed by atoms with van der Waals surface area (Å²) < 4.78 is 88.1. The molecule has 23 heteroatoms. The SMILES string of the molecule is CCNC(=O)c1cc(-c2cn(-c3ccc(C(=O)N4CCC[C@H]4C(=O)O)c(C(F)(F)F)c3)nn2)nc(-c2cn(-c3ccc(C(=O)N4CCC[C@H]4C(=O)O)c(C(F)(F)F)c3)nn2)c1. The van der Waals surface area contributed by atoms with Crippen LogP contribution in [0.15, 0.2) is 60.9 Å². The van der Waals surface area contributed by atoms with Crippen molar-refractivity contribution < 1.29 is 60.5 Å². The minimum absolute atomic E-state index is 0.0125. The molecule has 17 nitrogen and oxygen atoms in total. The lowest BCUT2D eigenvalue weighted by atomic mass is 10.0. The van der Waals surface area contributed by atoms with Crippen molar-refractivity contribution in [1.82, 2.24) is 50.1 Å². The molecule has 2 atom stereocenters. The molecule has 3 aromatic heterocycles. The number of aromatic nitrogens is 7. The predicted octanol–water partition coefficient (Wildman–Crippen LogP) is 4.74. The number of alkyl halides is 6. The van der Waals surface area contributed by atoms with Crippen LogP contribution in [0, 0.1) is 0 Å². The number of hydrogen-bond donors (Lipinski definition) is 3. The van der Waals surface area contributed by atoms with E-state index >= 15 is 0 Å². The molecule has 2 aliphatic heterocycles. The molecule has 2 fully saturated rings. The lowest BCUT2D eigenvalue weighted by Crippen LogP contribution is -2.41. The van der Waals surface area contributed by atoms with Gasteiger partial charge in [-0.25, -0.2) is 23.9 Å². The second-order valence-corrected chi connectivity index (χ2v) is 14.0. The number of amides is 3. The molecule has 318 valence electrons. The van der Waals surface area contributed by atoms with Gasteiger partial charge in [0.1, 0.15) is 23.5 Å². The van der Waals surface area contributed by atoms with E-state index in [4.69, 9.17) is 0 Å². The average molecular weight is 855 g/mol. The fourth-order valence-corrected chi connectivity index (χ4v) is 7.24. The normalized spacial score (nSPS) is 16.8. The molecule has 7 rings (SSSR count). The van der Waals surface area contributed by atoms with E-state index in [0.717, 1.165) is 31.3 Å². The topological polar surface area (TPSA) is 219 Å². The van der Waals surface area contributed by atoms with Crippen molar-refractivity contribution in [2.75, 3.05) is 19.6 Å². The smallest absolute Gasteiger partial charge is 0.417 e. The summed E-state index contributed by atoms with van der Waals surface area (Å²) in [6, 6.07) is 5.56. The van der Waals surface area contributed by atoms with Crippen LogP contribution in [0.3, 0.4) is 0 Å². The maximum atomic E-state index is 14.4. The summed E-state index contributed by atoms with van der Waals surface area (Å²) in [4.78, 5) is 69.0. The Morgan fingerprint density at radius 2 is 1.10 bits per heavy atom. The van der Waals surface area contributed by atoms with Gasteiger partial charge >= 0.3 is 24.3 Å². The van der Waals surface area contributed by atoms with E-state index in [1.54, 1.807) is 6.92 Å². The van der Waals surface area contributed by atoms with Crippen LogP contribution in [-0.2, 0) is 21.9 Å². The largest absolute Gasteiger partial charge is 0.480 e. The van der Waals surface area contributed by atoms with E-state index in [-0.39, 0.29) is 72.2 Å². The second kappa shape index (κ2) is 16.1. The van der Waals surface area contributed by atoms with Gasteiger partial charge in [0.05, 0.1) is 57.4 Å². The molecular weight excluding hydrogens is 822 g/mol. The van der Waals surface area contributed by atoms with Crippen LogP contribution in [-0.4, -0.2) is 116 Å². The van der Waals surface area contributed by atoms with E-state index in [1.807, 2.05) is 0 Å². The fourth-order valence-electron chi connectivity index (χ4n) is 7.24. The number of nitrogens with one attached hydrogen (secondary N) is 1. The van der Waals surface area contributed by atoms with Crippen molar-refractivity contribution in [3.8, 4) is 34.2 Å². The Morgan fingerprint density at radius 1 is 0.672 bits per heavy atom. The van der Waals surface area contributed by atoms with Crippen LogP contribution >= 0.6 is 0 Å². The number of carboxylic acid groups (broad SMARTS) is 2. The van der Waals surface area contributed by atoms with E-state index in [2.05, 4.69) is 30.9 Å². The van der Waals surface area contributed by atoms with Gasteiger partial charge in [-0.3, -0.25) is 14.4 Å². The van der Waals surface area contributed by atoms with Crippen LogP contribution in [0.25, 0.3) is 34.2 Å². The Morgan fingerprint density at radius 3 is 1.48 bits per heavy atom. The van der Waals surface area contributed by atoms with Gasteiger partial charge in [-0.2, -0.15) is 26.3 Å². The number of rotatable bonds is 10. The fraction of sp³-hybridized carbons (Fsp3) is 0.316. The molecule has 0 aliphatic carbocycles. The molecule has 5 heterocycles. The summed E-state index contributed by atoms with van der Waals surface area (Å²) in [5, 5.41) is 37.5. The molecular formula is C38H32F6N10O7. The molecule has 5 aromatic rings. The van der Waals surface area contributed by atoms with Gasteiger partial charge in [-0.05, 0) is 81.1 Å². The van der Waals surface area contributed by atoms with Gasteiger partial charge in [0.2, 0.25) is 0 Å². The summed E-state index contributed by atoms with van der Waals surface area (Å²) in [5.74, 6) is -5.44. The van der Waals surface area contributed by atoms with Crippen LogP contribution < -0.4 is 5.32 Å². The van der Waals surface area contributed by atoms with Gasteiger partial charge in [-0.15, -0.1) is 10.2 Å². The van der Waals surface area contributed by atoms with Crippen molar-refractivity contribution in [2.24, 2.45) is 0 Å². The molecule has 0 bridgehead atoms. The van der Waals surface area contributed by atoms with Gasteiger partial charge in [0.25, 0.3) is 17.7 Å². The highest BCUT2D eigenvalue weighted by atomic mass is 19.4. The summed E-state index contributed by atoms with van der Waals surface area (Å²) in [6.45, 7) is 1.80. The molecule has 0 spiro atoms. The highest BCUT2D eigenvalue weighted by Crippen LogP contribution is 2.37. The Hall–Kier alpha value is -7.20. The molecule has 0 unspecified atom stereocenters. The predicted molar refractivity (Wildman–Crippen MR) is 196 cm³/mol. The standard InChI is InChI=1S/C38H32F6N10O7/c1-2-45-32(55)19-13-26(28-17-53(49-47-28)20-7-9-22(24(15-20)37(39,40)41)33(56)51-11-3-5-30(51)35(58)59)46-27(14-19)29-18-54(50-48-29)21-8-10-23(25(16-21)38(42,43)44)34(57)52-12-4-6-31(52)36(60)61/h7-10,13-18,30-31H,2-6,11-12H2,1H3,(H,45,55)(H,58,59)(H,60,61)/t30-,31-/m0/s1. The van der Waals surface area contributed by atoms with E-state index in [1.165, 1.54) is 36.7 Å². The lowest BCUT2D eigenvalue weighted by molar-refractivity contribution is -0.142. The summed E-state index contributed by atoms with van der Waals surface area (Å²) in [6.07, 6.45) is -6.88. The monoisotopic (exact) mass is 854 g/mol. The molecule has 61 heavy (non-hydrogen) atoms. The van der Waals surface area contributed by atoms with Crippen molar-refractivity contribution in [3.05, 3.63) is 88.7 Å². The van der Waals surface area contributed by atoms with Crippen LogP contribution in [0.2, 0.25) is 0 Å². The maximum absolute atomic E-state index is 14.4. The number of halogens is 6. The molecule has 3 amide bonds. The molecule has 0 saturated carbocycles. The molecule has 2 saturated heterocycles. The second-order valence-electron chi connectivity index (χ2n) is 14.0. The number of carbonyl (C=O) groups excluding carboxylic acids is 3. The van der Waals surface area contributed by atoms with Crippen molar-refractivity contribution in [2.45, 2.75) is 57.0 Å². The minimum atomic E-state index is -5.04. The first-order valence-corrected chi connectivity index (χ1v) is 18.5. The first-order chi connectivity index (χ1) is 28.8. The first kappa shape index (κ1) is 41.9. The Labute approximate surface area is 339 Å². The van der Waals surface area contributed by atoms with Crippen LogP contribution in [0.4, 0.5) is 26.3 Å². The highest BCUT2D eigenvalue weighted by molar-refractivity contribution is 6.00. The molecule has 2 aromatic carbocycles. The Balaban J connectivity index is 1.22. The van der Waals surface area contributed by atoms with Gasteiger partial charge in [-0.1, -0.05) is 10.4 Å². The summed E-state index contributed by atoms with van der Waals surface area (Å²) in [7, 11) is 0. The zero-order valence-corrected chi connectivity index (χ0v) is 31.6. The van der Waals surface area contributed by atoms with Gasteiger partial charge in [0.15, 0.2) is 0 Å².